The average molecular weight is 247 g/mol. The van der Waals surface area contributed by atoms with Crippen LogP contribution < -0.4 is 5.43 Å². The van der Waals surface area contributed by atoms with Crippen molar-refractivity contribution in [3.63, 3.8) is 0 Å². The average Bonchev–Trinajstić information content (AvgIpc) is 2.38. The van der Waals surface area contributed by atoms with Crippen LogP contribution >= 0.6 is 0 Å². The molecule has 0 saturated heterocycles. The molecule has 0 amide bonds. The van der Waals surface area contributed by atoms with E-state index in [-0.39, 0.29) is 16.6 Å². The second kappa shape index (κ2) is 4.83. The Balaban J connectivity index is 2.56. The first-order valence-electron chi connectivity index (χ1n) is 5.19. The molecular weight excluding hydrogens is 237 g/mol. The van der Waals surface area contributed by atoms with Gasteiger partial charge in [0.15, 0.2) is 5.43 Å². The Bertz CT molecular complexity index is 649. The third-order valence-corrected chi connectivity index (χ3v) is 2.45. The summed E-state index contributed by atoms with van der Waals surface area (Å²) in [6, 6.07) is 6.41. The third-order valence-electron chi connectivity index (χ3n) is 2.45. The second-order valence-electron chi connectivity index (χ2n) is 3.62. The van der Waals surface area contributed by atoms with E-state index in [0.29, 0.717) is 5.69 Å². The van der Waals surface area contributed by atoms with Crippen molar-refractivity contribution in [2.45, 2.75) is 0 Å². The number of aromatic nitrogens is 1. The topological polar surface area (TPSA) is 59.2 Å². The summed E-state index contributed by atoms with van der Waals surface area (Å²) in [6.45, 7) is 0. The van der Waals surface area contributed by atoms with Crippen molar-refractivity contribution in [3.05, 3.63) is 58.1 Å². The summed E-state index contributed by atoms with van der Waals surface area (Å²) in [5, 5.41) is 0. The molecule has 0 unspecified atom stereocenters. The van der Waals surface area contributed by atoms with Gasteiger partial charge in [0.05, 0.1) is 18.4 Å². The summed E-state index contributed by atoms with van der Waals surface area (Å²) >= 11 is 0. The normalized spacial score (nSPS) is 10.1. The van der Waals surface area contributed by atoms with Crippen molar-refractivity contribution in [1.29, 1.82) is 0 Å². The van der Waals surface area contributed by atoms with Crippen LogP contribution in [0.4, 0.5) is 4.39 Å². The number of ether oxygens (including phenoxy) is 1. The summed E-state index contributed by atoms with van der Waals surface area (Å²) in [5.41, 5.74) is 0.437. The van der Waals surface area contributed by atoms with E-state index in [9.17, 15) is 14.0 Å². The van der Waals surface area contributed by atoms with Gasteiger partial charge in [0.1, 0.15) is 5.82 Å². The van der Waals surface area contributed by atoms with Crippen LogP contribution in [-0.4, -0.2) is 18.1 Å². The number of aromatic amines is 1. The SMILES string of the molecule is COC(=O)c1ccc(F)c(-c2cc(=O)cc[nH]2)c1. The maximum Gasteiger partial charge on any atom is 0.337 e. The van der Waals surface area contributed by atoms with E-state index in [2.05, 4.69) is 9.72 Å². The van der Waals surface area contributed by atoms with Crippen molar-refractivity contribution >= 4 is 5.97 Å². The molecule has 0 saturated carbocycles. The summed E-state index contributed by atoms with van der Waals surface area (Å²) in [4.78, 5) is 25.3. The Morgan fingerprint density at radius 1 is 1.28 bits per heavy atom. The van der Waals surface area contributed by atoms with E-state index in [1.807, 2.05) is 0 Å². The van der Waals surface area contributed by atoms with Crippen LogP contribution in [0.1, 0.15) is 10.4 Å². The van der Waals surface area contributed by atoms with Gasteiger partial charge in [-0.3, -0.25) is 4.79 Å². The molecule has 2 rings (SSSR count). The van der Waals surface area contributed by atoms with Gasteiger partial charge in [-0.15, -0.1) is 0 Å². The Labute approximate surface area is 102 Å². The summed E-state index contributed by atoms with van der Waals surface area (Å²) < 4.78 is 18.2. The van der Waals surface area contributed by atoms with Crippen LogP contribution in [0.3, 0.4) is 0 Å². The molecule has 18 heavy (non-hydrogen) atoms. The predicted octanol–water partition coefficient (Wildman–Crippen LogP) is 1.97. The Morgan fingerprint density at radius 3 is 2.72 bits per heavy atom. The third kappa shape index (κ3) is 2.29. The van der Waals surface area contributed by atoms with Gasteiger partial charge in [0.25, 0.3) is 0 Å². The first-order chi connectivity index (χ1) is 8.61. The largest absolute Gasteiger partial charge is 0.465 e. The van der Waals surface area contributed by atoms with E-state index in [0.717, 1.165) is 6.07 Å². The van der Waals surface area contributed by atoms with E-state index >= 15 is 0 Å². The Hall–Kier alpha value is -2.43. The molecule has 0 aliphatic heterocycles. The zero-order chi connectivity index (χ0) is 13.1. The number of halogens is 1. The lowest BCUT2D eigenvalue weighted by atomic mass is 10.1. The number of hydrogen-bond donors (Lipinski definition) is 1. The van der Waals surface area contributed by atoms with Crippen molar-refractivity contribution in [3.8, 4) is 11.3 Å². The zero-order valence-corrected chi connectivity index (χ0v) is 9.57. The fourth-order valence-corrected chi connectivity index (χ4v) is 1.58. The molecule has 5 heteroatoms. The van der Waals surface area contributed by atoms with Gasteiger partial charge in [0, 0.05) is 23.9 Å². The highest BCUT2D eigenvalue weighted by Gasteiger charge is 2.11. The van der Waals surface area contributed by atoms with Gasteiger partial charge in [-0.2, -0.15) is 0 Å². The first-order valence-corrected chi connectivity index (χ1v) is 5.19. The summed E-state index contributed by atoms with van der Waals surface area (Å²) in [5.74, 6) is -1.08. The fraction of sp³-hybridized carbons (Fsp3) is 0.0769. The van der Waals surface area contributed by atoms with Crippen LogP contribution in [0.25, 0.3) is 11.3 Å². The number of esters is 1. The monoisotopic (exact) mass is 247 g/mol. The number of carbonyl (C=O) groups is 1. The van der Waals surface area contributed by atoms with Gasteiger partial charge >= 0.3 is 5.97 Å². The van der Waals surface area contributed by atoms with Crippen LogP contribution in [-0.2, 0) is 4.74 Å². The van der Waals surface area contributed by atoms with E-state index in [4.69, 9.17) is 0 Å². The van der Waals surface area contributed by atoms with Crippen LogP contribution in [0.5, 0.6) is 0 Å². The molecular formula is C13H10FNO3. The van der Waals surface area contributed by atoms with Crippen molar-refractivity contribution < 1.29 is 13.9 Å². The van der Waals surface area contributed by atoms with Crippen molar-refractivity contribution in [1.82, 2.24) is 4.98 Å². The number of pyridine rings is 1. The van der Waals surface area contributed by atoms with Gasteiger partial charge in [-0.1, -0.05) is 0 Å². The zero-order valence-electron chi connectivity index (χ0n) is 9.57. The van der Waals surface area contributed by atoms with Crippen LogP contribution in [0.2, 0.25) is 0 Å². The van der Waals surface area contributed by atoms with E-state index in [1.165, 1.54) is 37.6 Å². The highest BCUT2D eigenvalue weighted by atomic mass is 19.1. The number of H-pyrrole nitrogens is 1. The molecule has 2 aromatic rings. The molecule has 1 N–H and O–H groups in total. The Kier molecular flexibility index (Phi) is 3.23. The number of carbonyl (C=O) groups excluding carboxylic acids is 1. The smallest absolute Gasteiger partial charge is 0.337 e. The van der Waals surface area contributed by atoms with Gasteiger partial charge in [0.2, 0.25) is 0 Å². The standard InChI is InChI=1S/C13H10FNO3/c1-18-13(17)8-2-3-11(14)10(6-8)12-7-9(16)4-5-15-12/h2-7H,1H3,(H,15,16). The highest BCUT2D eigenvalue weighted by Crippen LogP contribution is 2.21. The molecule has 0 aliphatic carbocycles. The second-order valence-corrected chi connectivity index (χ2v) is 3.62. The molecule has 0 bridgehead atoms. The highest BCUT2D eigenvalue weighted by molar-refractivity contribution is 5.90. The quantitative estimate of drug-likeness (QED) is 0.825. The fourth-order valence-electron chi connectivity index (χ4n) is 1.58. The number of methoxy groups -OCH3 is 1. The minimum atomic E-state index is -0.561. The lowest BCUT2D eigenvalue weighted by Gasteiger charge is -2.05. The van der Waals surface area contributed by atoms with Crippen molar-refractivity contribution in [2.75, 3.05) is 7.11 Å². The molecule has 0 radical (unpaired) electrons. The van der Waals surface area contributed by atoms with E-state index < -0.39 is 11.8 Å². The molecule has 1 aromatic carbocycles. The summed E-state index contributed by atoms with van der Waals surface area (Å²) in [7, 11) is 1.25. The van der Waals surface area contributed by atoms with E-state index in [1.54, 1.807) is 0 Å². The van der Waals surface area contributed by atoms with Crippen LogP contribution in [0.15, 0.2) is 41.3 Å². The molecule has 0 aliphatic rings. The molecule has 0 atom stereocenters. The minimum Gasteiger partial charge on any atom is -0.465 e. The molecule has 1 heterocycles. The minimum absolute atomic E-state index is 0.149. The predicted molar refractivity (Wildman–Crippen MR) is 63.8 cm³/mol. The Morgan fingerprint density at radius 2 is 2.06 bits per heavy atom. The van der Waals surface area contributed by atoms with Gasteiger partial charge in [-0.05, 0) is 18.2 Å². The van der Waals surface area contributed by atoms with Crippen LogP contribution in [0, 0.1) is 5.82 Å². The molecule has 4 nitrogen and oxygen atoms in total. The lowest BCUT2D eigenvalue weighted by Crippen LogP contribution is -2.03. The number of nitrogens with one attached hydrogen (secondary N) is 1. The molecule has 0 fully saturated rings. The van der Waals surface area contributed by atoms with Gasteiger partial charge in [-0.25, -0.2) is 9.18 Å². The lowest BCUT2D eigenvalue weighted by molar-refractivity contribution is 0.0600. The number of rotatable bonds is 2. The molecule has 92 valence electrons. The maximum atomic E-state index is 13.7. The summed E-state index contributed by atoms with van der Waals surface area (Å²) in [6.07, 6.45) is 1.42. The number of benzene rings is 1. The van der Waals surface area contributed by atoms with Crippen molar-refractivity contribution in [2.24, 2.45) is 0 Å². The molecule has 0 spiro atoms. The first kappa shape index (κ1) is 12.0. The molecule has 1 aromatic heterocycles. The van der Waals surface area contributed by atoms with Gasteiger partial charge < -0.3 is 9.72 Å². The maximum absolute atomic E-state index is 13.7. The number of hydrogen-bond acceptors (Lipinski definition) is 3.